The van der Waals surface area contributed by atoms with E-state index >= 15 is 0 Å². The molecular weight excluding hydrogens is 278 g/mol. The lowest BCUT2D eigenvalue weighted by molar-refractivity contribution is 0.163. The van der Waals surface area contributed by atoms with Crippen LogP contribution in [0.5, 0.6) is 5.75 Å². The molecule has 21 heavy (non-hydrogen) atoms. The first-order chi connectivity index (χ1) is 10.2. The molecule has 2 heterocycles. The van der Waals surface area contributed by atoms with Crippen LogP contribution >= 0.6 is 11.3 Å². The Morgan fingerprint density at radius 1 is 1.14 bits per heavy atom. The van der Waals surface area contributed by atoms with Crippen LogP contribution in [0.15, 0.2) is 47.8 Å². The van der Waals surface area contributed by atoms with Gasteiger partial charge in [0.15, 0.2) is 0 Å². The highest BCUT2D eigenvalue weighted by Gasteiger charge is 2.28. The standard InChI is InChI=1S/C18H17NOS/c1-11-6-7-16-13(8-11)15(19)9-17(20-16)14-10-21-18-5-3-2-4-12(14)18/h2-8,10,15,17H,9,19H2,1H3/t15-,17?/m1/s1. The summed E-state index contributed by atoms with van der Waals surface area (Å²) in [6, 6.07) is 14.8. The largest absolute Gasteiger partial charge is 0.485 e. The highest BCUT2D eigenvalue weighted by Crippen LogP contribution is 2.43. The lowest BCUT2D eigenvalue weighted by atomic mass is 9.92. The second kappa shape index (κ2) is 4.86. The molecule has 0 saturated heterocycles. The minimum atomic E-state index is 0.0392. The zero-order chi connectivity index (χ0) is 14.4. The summed E-state index contributed by atoms with van der Waals surface area (Å²) in [5, 5.41) is 3.50. The molecule has 2 atom stereocenters. The van der Waals surface area contributed by atoms with Crippen LogP contribution in [0.2, 0.25) is 0 Å². The van der Waals surface area contributed by atoms with Crippen LogP contribution in [0.25, 0.3) is 10.1 Å². The summed E-state index contributed by atoms with van der Waals surface area (Å²) >= 11 is 1.77. The van der Waals surface area contributed by atoms with E-state index in [9.17, 15) is 0 Å². The predicted molar refractivity (Wildman–Crippen MR) is 87.9 cm³/mol. The lowest BCUT2D eigenvalue weighted by Crippen LogP contribution is -2.24. The van der Waals surface area contributed by atoms with Crippen molar-refractivity contribution in [2.24, 2.45) is 5.73 Å². The van der Waals surface area contributed by atoms with E-state index < -0.39 is 0 Å². The van der Waals surface area contributed by atoms with Gasteiger partial charge in [-0.1, -0.05) is 35.9 Å². The average molecular weight is 295 g/mol. The minimum absolute atomic E-state index is 0.0392. The molecule has 1 aliphatic heterocycles. The third-order valence-electron chi connectivity index (χ3n) is 4.16. The van der Waals surface area contributed by atoms with Crippen LogP contribution in [-0.2, 0) is 0 Å². The van der Waals surface area contributed by atoms with E-state index in [1.165, 1.54) is 21.2 Å². The third kappa shape index (κ3) is 2.13. The first kappa shape index (κ1) is 12.9. The Balaban J connectivity index is 1.76. The maximum absolute atomic E-state index is 6.38. The maximum atomic E-state index is 6.38. The number of benzene rings is 2. The number of hydrogen-bond acceptors (Lipinski definition) is 3. The molecule has 1 unspecified atom stereocenters. The fraction of sp³-hybridized carbons (Fsp3) is 0.222. The van der Waals surface area contributed by atoms with Crippen molar-refractivity contribution in [1.29, 1.82) is 0 Å². The van der Waals surface area contributed by atoms with Crippen molar-refractivity contribution in [1.82, 2.24) is 0 Å². The van der Waals surface area contributed by atoms with Gasteiger partial charge in [-0.3, -0.25) is 0 Å². The Morgan fingerprint density at radius 3 is 2.90 bits per heavy atom. The van der Waals surface area contributed by atoms with Crippen LogP contribution < -0.4 is 10.5 Å². The number of thiophene rings is 1. The summed E-state index contributed by atoms with van der Waals surface area (Å²) in [6.07, 6.45) is 0.878. The van der Waals surface area contributed by atoms with Crippen LogP contribution in [0.3, 0.4) is 0 Å². The van der Waals surface area contributed by atoms with Gasteiger partial charge in [0.1, 0.15) is 11.9 Å². The summed E-state index contributed by atoms with van der Waals surface area (Å²) in [5.41, 5.74) is 10.00. The summed E-state index contributed by atoms with van der Waals surface area (Å²) in [7, 11) is 0. The van der Waals surface area contributed by atoms with Crippen LogP contribution in [0, 0.1) is 6.92 Å². The Bertz CT molecular complexity index is 808. The van der Waals surface area contributed by atoms with Gasteiger partial charge >= 0.3 is 0 Å². The molecule has 0 amide bonds. The molecule has 0 aliphatic carbocycles. The highest BCUT2D eigenvalue weighted by atomic mass is 32.1. The van der Waals surface area contributed by atoms with Gasteiger partial charge in [-0.25, -0.2) is 0 Å². The van der Waals surface area contributed by atoms with Crippen molar-refractivity contribution in [3.05, 3.63) is 64.5 Å². The van der Waals surface area contributed by atoms with E-state index in [4.69, 9.17) is 10.5 Å². The van der Waals surface area contributed by atoms with Gasteiger partial charge in [-0.05, 0) is 29.8 Å². The van der Waals surface area contributed by atoms with E-state index in [1.54, 1.807) is 11.3 Å². The maximum Gasteiger partial charge on any atom is 0.127 e. The number of hydrogen-bond donors (Lipinski definition) is 1. The summed E-state index contributed by atoms with van der Waals surface area (Å²) < 4.78 is 7.54. The second-order valence-corrected chi connectivity index (χ2v) is 6.59. The molecule has 1 aliphatic rings. The smallest absolute Gasteiger partial charge is 0.127 e. The molecular formula is C18H17NOS. The molecule has 4 rings (SSSR count). The zero-order valence-electron chi connectivity index (χ0n) is 11.9. The zero-order valence-corrected chi connectivity index (χ0v) is 12.7. The number of aryl methyl sites for hydroxylation is 1. The van der Waals surface area contributed by atoms with Gasteiger partial charge in [0.05, 0.1) is 0 Å². The quantitative estimate of drug-likeness (QED) is 0.704. The van der Waals surface area contributed by atoms with Crippen molar-refractivity contribution >= 4 is 21.4 Å². The van der Waals surface area contributed by atoms with Gasteiger partial charge in [0.25, 0.3) is 0 Å². The van der Waals surface area contributed by atoms with E-state index in [0.717, 1.165) is 17.7 Å². The Kier molecular flexibility index (Phi) is 2.98. The van der Waals surface area contributed by atoms with Gasteiger partial charge < -0.3 is 10.5 Å². The molecule has 3 heteroatoms. The SMILES string of the molecule is Cc1ccc2c(c1)[C@H](N)CC(c1csc3ccccc13)O2. The van der Waals surface area contributed by atoms with E-state index in [2.05, 4.69) is 48.7 Å². The molecule has 2 aromatic carbocycles. The fourth-order valence-corrected chi connectivity index (χ4v) is 4.06. The molecule has 0 saturated carbocycles. The predicted octanol–water partition coefficient (Wildman–Crippen LogP) is 4.73. The number of ether oxygens (including phenoxy) is 1. The molecule has 3 aromatic rings. The van der Waals surface area contributed by atoms with Crippen LogP contribution in [-0.4, -0.2) is 0 Å². The van der Waals surface area contributed by atoms with Crippen LogP contribution in [0.4, 0.5) is 0 Å². The third-order valence-corrected chi connectivity index (χ3v) is 5.14. The van der Waals surface area contributed by atoms with E-state index in [1.807, 2.05) is 6.07 Å². The molecule has 106 valence electrons. The number of fused-ring (bicyclic) bond motifs is 2. The molecule has 0 fully saturated rings. The van der Waals surface area contributed by atoms with Gasteiger partial charge in [0, 0.05) is 28.3 Å². The molecule has 2 nitrogen and oxygen atoms in total. The first-order valence-corrected chi connectivity index (χ1v) is 8.09. The Labute approximate surface area is 128 Å². The topological polar surface area (TPSA) is 35.2 Å². The minimum Gasteiger partial charge on any atom is -0.485 e. The second-order valence-electron chi connectivity index (χ2n) is 5.68. The molecule has 0 spiro atoms. The van der Waals surface area contributed by atoms with Gasteiger partial charge in [0.2, 0.25) is 0 Å². The lowest BCUT2D eigenvalue weighted by Gasteiger charge is -2.30. The van der Waals surface area contributed by atoms with Gasteiger partial charge in [-0.2, -0.15) is 0 Å². The molecule has 2 N–H and O–H groups in total. The Hall–Kier alpha value is -1.84. The van der Waals surface area contributed by atoms with Crippen molar-refractivity contribution < 1.29 is 4.74 Å². The molecule has 1 aromatic heterocycles. The highest BCUT2D eigenvalue weighted by molar-refractivity contribution is 7.17. The van der Waals surface area contributed by atoms with Crippen LogP contribution in [0.1, 0.15) is 35.3 Å². The van der Waals surface area contributed by atoms with Crippen molar-refractivity contribution in [2.45, 2.75) is 25.5 Å². The van der Waals surface area contributed by atoms with E-state index in [-0.39, 0.29) is 12.1 Å². The monoisotopic (exact) mass is 295 g/mol. The number of nitrogens with two attached hydrogens (primary N) is 1. The average Bonchev–Trinajstić information content (AvgIpc) is 2.92. The van der Waals surface area contributed by atoms with Gasteiger partial charge in [-0.15, -0.1) is 11.3 Å². The summed E-state index contributed by atoms with van der Waals surface area (Å²) in [5.74, 6) is 0.930. The van der Waals surface area contributed by atoms with Crippen molar-refractivity contribution in [3.63, 3.8) is 0 Å². The Morgan fingerprint density at radius 2 is 2.00 bits per heavy atom. The van der Waals surface area contributed by atoms with E-state index in [0.29, 0.717) is 0 Å². The fourth-order valence-electron chi connectivity index (χ4n) is 3.06. The van der Waals surface area contributed by atoms with Crippen molar-refractivity contribution in [2.75, 3.05) is 0 Å². The molecule has 0 bridgehead atoms. The first-order valence-electron chi connectivity index (χ1n) is 7.21. The molecule has 0 radical (unpaired) electrons. The normalized spacial score (nSPS) is 21.0. The summed E-state index contributed by atoms with van der Waals surface area (Å²) in [6.45, 7) is 2.09. The van der Waals surface area contributed by atoms with Crippen molar-refractivity contribution in [3.8, 4) is 5.75 Å². The summed E-state index contributed by atoms with van der Waals surface area (Å²) in [4.78, 5) is 0. The number of rotatable bonds is 1.